The fourth-order valence-electron chi connectivity index (χ4n) is 1.07. The summed E-state index contributed by atoms with van der Waals surface area (Å²) in [6.45, 7) is 7.85. The van der Waals surface area contributed by atoms with Crippen molar-refractivity contribution in [3.05, 3.63) is 40.0 Å². The van der Waals surface area contributed by atoms with E-state index < -0.39 is 0 Å². The molecule has 76 valence electrons. The van der Waals surface area contributed by atoms with Crippen molar-refractivity contribution in [3.63, 3.8) is 0 Å². The quantitative estimate of drug-likeness (QED) is 0.797. The molecule has 0 fully saturated rings. The van der Waals surface area contributed by atoms with Gasteiger partial charge in [0.05, 0.1) is 10.0 Å². The number of benzene rings is 1. The molecule has 0 amide bonds. The molecule has 0 unspecified atom stereocenters. The van der Waals surface area contributed by atoms with Crippen LogP contribution < -0.4 is 5.32 Å². The number of nitrogens with one attached hydrogen (secondary N) is 1. The third-order valence-corrected chi connectivity index (χ3v) is 2.98. The predicted molar refractivity (Wildman–Crippen MR) is 64.3 cm³/mol. The Morgan fingerprint density at radius 1 is 1.43 bits per heavy atom. The third-order valence-electron chi connectivity index (χ3n) is 2.08. The molecule has 1 aromatic carbocycles. The van der Waals surface area contributed by atoms with Crippen LogP contribution in [0.3, 0.4) is 0 Å². The van der Waals surface area contributed by atoms with E-state index in [-0.39, 0.29) is 0 Å². The van der Waals surface area contributed by atoms with Crippen LogP contribution in [0.5, 0.6) is 0 Å². The highest BCUT2D eigenvalue weighted by molar-refractivity contribution is 6.42. The zero-order chi connectivity index (χ0) is 10.7. The lowest BCUT2D eigenvalue weighted by atomic mass is 10.2. The van der Waals surface area contributed by atoms with E-state index >= 15 is 0 Å². The molecule has 14 heavy (non-hydrogen) atoms. The molecule has 1 aromatic rings. The lowest BCUT2D eigenvalue weighted by Gasteiger charge is -2.12. The van der Waals surface area contributed by atoms with Gasteiger partial charge in [0.15, 0.2) is 0 Å². The summed E-state index contributed by atoms with van der Waals surface area (Å²) in [6, 6.07) is 3.69. The van der Waals surface area contributed by atoms with Crippen LogP contribution in [0, 0.1) is 6.92 Å². The topological polar surface area (TPSA) is 12.0 Å². The molecule has 1 nitrogen and oxygen atoms in total. The van der Waals surface area contributed by atoms with Gasteiger partial charge in [-0.15, -0.1) is 0 Å². The summed E-state index contributed by atoms with van der Waals surface area (Å²) in [6.07, 6.45) is 0.889. The van der Waals surface area contributed by atoms with Gasteiger partial charge in [-0.1, -0.05) is 36.7 Å². The number of hydrogen-bond donors (Lipinski definition) is 1. The molecular weight excluding hydrogens is 217 g/mol. The molecule has 0 aliphatic carbocycles. The largest absolute Gasteiger partial charge is 0.359 e. The second-order valence-corrected chi connectivity index (χ2v) is 3.90. The van der Waals surface area contributed by atoms with E-state index in [0.29, 0.717) is 10.0 Å². The van der Waals surface area contributed by atoms with E-state index in [1.165, 1.54) is 0 Å². The third kappa shape index (κ3) is 2.43. The molecule has 0 aliphatic rings. The lowest BCUT2D eigenvalue weighted by Crippen LogP contribution is -1.98. The Labute approximate surface area is 94.7 Å². The molecule has 1 rings (SSSR count). The van der Waals surface area contributed by atoms with Gasteiger partial charge in [0.2, 0.25) is 0 Å². The smallest absolute Gasteiger partial charge is 0.0642 e. The van der Waals surface area contributed by atoms with Crippen molar-refractivity contribution in [3.8, 4) is 0 Å². The summed E-state index contributed by atoms with van der Waals surface area (Å²) in [7, 11) is 0. The van der Waals surface area contributed by atoms with Crippen molar-refractivity contribution >= 4 is 28.9 Å². The highest BCUT2D eigenvalue weighted by atomic mass is 35.5. The first kappa shape index (κ1) is 11.4. The maximum absolute atomic E-state index is 6.01. The Kier molecular flexibility index (Phi) is 3.85. The standard InChI is InChI=1S/C11H13Cl2N/c1-4-7(2)14-10-6-5-9(12)11(13)8(10)3/h5-6,14H,2,4H2,1,3H3. The van der Waals surface area contributed by atoms with E-state index in [0.717, 1.165) is 23.4 Å². The van der Waals surface area contributed by atoms with Crippen LogP contribution in [0.1, 0.15) is 18.9 Å². The van der Waals surface area contributed by atoms with Gasteiger partial charge in [-0.25, -0.2) is 0 Å². The summed E-state index contributed by atoms with van der Waals surface area (Å²) < 4.78 is 0. The van der Waals surface area contributed by atoms with Crippen molar-refractivity contribution in [1.29, 1.82) is 0 Å². The Morgan fingerprint density at radius 3 is 2.64 bits per heavy atom. The molecule has 0 aliphatic heterocycles. The maximum atomic E-state index is 6.01. The van der Waals surface area contributed by atoms with Crippen LogP contribution in [0.15, 0.2) is 24.4 Å². The van der Waals surface area contributed by atoms with Crippen LogP contribution in [-0.4, -0.2) is 0 Å². The highest BCUT2D eigenvalue weighted by Gasteiger charge is 2.06. The lowest BCUT2D eigenvalue weighted by molar-refractivity contribution is 1.11. The van der Waals surface area contributed by atoms with Crippen molar-refractivity contribution < 1.29 is 0 Å². The average molecular weight is 230 g/mol. The first-order valence-corrected chi connectivity index (χ1v) is 5.21. The summed E-state index contributed by atoms with van der Waals surface area (Å²) in [5.74, 6) is 0. The number of allylic oxidation sites excluding steroid dienone is 1. The molecule has 0 saturated heterocycles. The second kappa shape index (κ2) is 4.72. The van der Waals surface area contributed by atoms with Crippen molar-refractivity contribution in [1.82, 2.24) is 0 Å². The van der Waals surface area contributed by atoms with Gasteiger partial charge in [0.25, 0.3) is 0 Å². The Hall–Kier alpha value is -0.660. The number of anilines is 1. The first-order valence-electron chi connectivity index (χ1n) is 4.45. The van der Waals surface area contributed by atoms with Crippen molar-refractivity contribution in [2.24, 2.45) is 0 Å². The van der Waals surface area contributed by atoms with Gasteiger partial charge in [0.1, 0.15) is 0 Å². The Bertz CT molecular complexity index is 359. The van der Waals surface area contributed by atoms with Gasteiger partial charge >= 0.3 is 0 Å². The summed E-state index contributed by atoms with van der Waals surface area (Å²) in [5, 5.41) is 4.37. The molecule has 0 spiro atoms. The molecule has 0 radical (unpaired) electrons. The zero-order valence-electron chi connectivity index (χ0n) is 8.32. The van der Waals surface area contributed by atoms with Crippen LogP contribution >= 0.6 is 23.2 Å². The second-order valence-electron chi connectivity index (χ2n) is 3.12. The van der Waals surface area contributed by atoms with Gasteiger partial charge in [-0.2, -0.15) is 0 Å². The number of rotatable bonds is 3. The molecule has 1 N–H and O–H groups in total. The summed E-state index contributed by atoms with van der Waals surface area (Å²) in [4.78, 5) is 0. The first-order chi connectivity index (χ1) is 6.56. The SMILES string of the molecule is C=C(CC)Nc1ccc(Cl)c(Cl)c1C. The molecule has 0 bridgehead atoms. The van der Waals surface area contributed by atoms with Gasteiger partial charge in [-0.05, 0) is 31.0 Å². The zero-order valence-corrected chi connectivity index (χ0v) is 9.84. The van der Waals surface area contributed by atoms with Gasteiger partial charge < -0.3 is 5.32 Å². The maximum Gasteiger partial charge on any atom is 0.0642 e. The fraction of sp³-hybridized carbons (Fsp3) is 0.273. The normalized spacial score (nSPS) is 10.0. The van der Waals surface area contributed by atoms with Crippen LogP contribution in [0.25, 0.3) is 0 Å². The monoisotopic (exact) mass is 229 g/mol. The van der Waals surface area contributed by atoms with Crippen LogP contribution in [0.2, 0.25) is 10.0 Å². The van der Waals surface area contributed by atoms with Gasteiger partial charge in [-0.3, -0.25) is 0 Å². The Morgan fingerprint density at radius 2 is 2.07 bits per heavy atom. The molecule has 3 heteroatoms. The van der Waals surface area contributed by atoms with E-state index in [1.54, 1.807) is 6.07 Å². The number of halogens is 2. The molecular formula is C11H13Cl2N. The van der Waals surface area contributed by atoms with Crippen LogP contribution in [-0.2, 0) is 0 Å². The number of hydrogen-bond acceptors (Lipinski definition) is 1. The molecule has 0 atom stereocenters. The van der Waals surface area contributed by atoms with Crippen molar-refractivity contribution in [2.45, 2.75) is 20.3 Å². The van der Waals surface area contributed by atoms with E-state index in [2.05, 4.69) is 11.9 Å². The minimum absolute atomic E-state index is 0.580. The summed E-state index contributed by atoms with van der Waals surface area (Å²) in [5.41, 5.74) is 2.88. The van der Waals surface area contributed by atoms with Gasteiger partial charge in [0, 0.05) is 11.4 Å². The van der Waals surface area contributed by atoms with E-state index in [1.807, 2.05) is 19.9 Å². The Balaban J connectivity index is 3.00. The van der Waals surface area contributed by atoms with Crippen LogP contribution in [0.4, 0.5) is 5.69 Å². The molecule has 0 heterocycles. The molecule has 0 aromatic heterocycles. The van der Waals surface area contributed by atoms with Crippen molar-refractivity contribution in [2.75, 3.05) is 5.32 Å². The molecule has 0 saturated carbocycles. The van der Waals surface area contributed by atoms with E-state index in [4.69, 9.17) is 23.2 Å². The highest BCUT2D eigenvalue weighted by Crippen LogP contribution is 2.31. The minimum atomic E-state index is 0.580. The summed E-state index contributed by atoms with van der Waals surface area (Å²) >= 11 is 11.9. The fourth-order valence-corrected chi connectivity index (χ4v) is 1.44. The average Bonchev–Trinajstić information content (AvgIpc) is 2.19. The predicted octanol–water partition coefficient (Wildman–Crippen LogP) is 4.64. The minimum Gasteiger partial charge on any atom is -0.359 e. The van der Waals surface area contributed by atoms with E-state index in [9.17, 15) is 0 Å².